The molecule has 7 heteroatoms. The largest absolute Gasteiger partial charge is 0.318 e. The van der Waals surface area contributed by atoms with E-state index in [0.717, 1.165) is 5.69 Å². The van der Waals surface area contributed by atoms with Crippen molar-refractivity contribution in [2.45, 2.75) is 19.1 Å². The highest BCUT2D eigenvalue weighted by atomic mass is 32.2. The van der Waals surface area contributed by atoms with Crippen molar-refractivity contribution in [3.63, 3.8) is 0 Å². The molecule has 0 aliphatic heterocycles. The number of aryl methyl sites for hydroxylation is 1. The number of thiazole rings is 1. The van der Waals surface area contributed by atoms with Crippen molar-refractivity contribution in [3.05, 3.63) is 11.1 Å². The van der Waals surface area contributed by atoms with E-state index in [2.05, 4.69) is 15.0 Å². The van der Waals surface area contributed by atoms with Crippen LogP contribution in [0.15, 0.2) is 5.38 Å². The predicted molar refractivity (Wildman–Crippen MR) is 62.8 cm³/mol. The third-order valence-corrected chi connectivity index (χ3v) is 4.58. The fourth-order valence-electron chi connectivity index (χ4n) is 1.02. The Labute approximate surface area is 94.0 Å². The van der Waals surface area contributed by atoms with Gasteiger partial charge in [-0.2, -0.15) is 0 Å². The molecule has 0 saturated carbocycles. The Morgan fingerprint density at radius 2 is 2.27 bits per heavy atom. The van der Waals surface area contributed by atoms with Gasteiger partial charge in [-0.3, -0.25) is 4.72 Å². The number of anilines is 1. The molecule has 1 rings (SSSR count). The zero-order valence-electron chi connectivity index (χ0n) is 8.94. The maximum atomic E-state index is 11.7. The lowest BCUT2D eigenvalue weighted by molar-refractivity contribution is 0.583. The van der Waals surface area contributed by atoms with Crippen molar-refractivity contribution in [1.29, 1.82) is 0 Å². The van der Waals surface area contributed by atoms with Crippen LogP contribution in [-0.4, -0.2) is 32.2 Å². The molecule has 1 aromatic heterocycles. The summed E-state index contributed by atoms with van der Waals surface area (Å²) in [5.74, 6) is 0. The van der Waals surface area contributed by atoms with Gasteiger partial charge in [-0.25, -0.2) is 13.4 Å². The number of rotatable bonds is 5. The summed E-state index contributed by atoms with van der Waals surface area (Å²) in [6.07, 6.45) is 0. The Morgan fingerprint density at radius 1 is 1.60 bits per heavy atom. The van der Waals surface area contributed by atoms with E-state index >= 15 is 0 Å². The first-order chi connectivity index (χ1) is 6.95. The molecular formula is C8H15N3O2S2. The zero-order valence-corrected chi connectivity index (χ0v) is 10.6. The summed E-state index contributed by atoms with van der Waals surface area (Å²) in [4.78, 5) is 4.05. The molecular weight excluding hydrogens is 234 g/mol. The lowest BCUT2D eigenvalue weighted by Crippen LogP contribution is -2.33. The molecule has 1 heterocycles. The normalized spacial score (nSPS) is 13.8. The average Bonchev–Trinajstić information content (AvgIpc) is 2.50. The van der Waals surface area contributed by atoms with Gasteiger partial charge in [0, 0.05) is 11.9 Å². The van der Waals surface area contributed by atoms with Crippen molar-refractivity contribution < 1.29 is 8.42 Å². The lowest BCUT2D eigenvalue weighted by Gasteiger charge is -2.12. The van der Waals surface area contributed by atoms with Crippen LogP contribution in [0.3, 0.4) is 0 Å². The third kappa shape index (κ3) is 3.44. The van der Waals surface area contributed by atoms with Gasteiger partial charge in [-0.15, -0.1) is 11.3 Å². The second-order valence-electron chi connectivity index (χ2n) is 3.31. The highest BCUT2D eigenvalue weighted by Crippen LogP contribution is 2.17. The number of hydrogen-bond acceptors (Lipinski definition) is 5. The molecule has 1 aromatic rings. The first-order valence-electron chi connectivity index (χ1n) is 4.54. The number of nitrogens with zero attached hydrogens (tertiary/aromatic N) is 1. The van der Waals surface area contributed by atoms with E-state index < -0.39 is 15.3 Å². The smallest absolute Gasteiger partial charge is 0.238 e. The summed E-state index contributed by atoms with van der Waals surface area (Å²) in [5, 5.41) is 4.58. The maximum absolute atomic E-state index is 11.7. The van der Waals surface area contributed by atoms with Gasteiger partial charge < -0.3 is 5.32 Å². The number of hydrogen-bond donors (Lipinski definition) is 2. The van der Waals surface area contributed by atoms with Gasteiger partial charge in [-0.1, -0.05) is 0 Å². The zero-order chi connectivity index (χ0) is 11.5. The van der Waals surface area contributed by atoms with Gasteiger partial charge >= 0.3 is 0 Å². The van der Waals surface area contributed by atoms with E-state index in [0.29, 0.717) is 11.7 Å². The topological polar surface area (TPSA) is 71.1 Å². The molecule has 0 bridgehead atoms. The van der Waals surface area contributed by atoms with Crippen LogP contribution in [0.4, 0.5) is 5.13 Å². The van der Waals surface area contributed by atoms with Crippen LogP contribution in [-0.2, 0) is 10.0 Å². The van der Waals surface area contributed by atoms with Crippen molar-refractivity contribution in [3.8, 4) is 0 Å². The van der Waals surface area contributed by atoms with Crippen molar-refractivity contribution in [1.82, 2.24) is 10.3 Å². The Balaban J connectivity index is 2.72. The molecule has 0 spiro atoms. The fraction of sp³-hybridized carbons (Fsp3) is 0.625. The van der Waals surface area contributed by atoms with E-state index in [1.165, 1.54) is 11.3 Å². The molecule has 0 fully saturated rings. The summed E-state index contributed by atoms with van der Waals surface area (Å²) >= 11 is 1.29. The highest BCUT2D eigenvalue weighted by molar-refractivity contribution is 7.93. The van der Waals surface area contributed by atoms with E-state index in [1.807, 2.05) is 6.92 Å². The summed E-state index contributed by atoms with van der Waals surface area (Å²) in [6, 6.07) is 0. The van der Waals surface area contributed by atoms with Crippen LogP contribution in [0.2, 0.25) is 0 Å². The van der Waals surface area contributed by atoms with E-state index in [4.69, 9.17) is 0 Å². The first kappa shape index (κ1) is 12.4. The van der Waals surface area contributed by atoms with Gasteiger partial charge in [0.25, 0.3) is 0 Å². The van der Waals surface area contributed by atoms with Gasteiger partial charge in [0.15, 0.2) is 5.13 Å². The minimum Gasteiger partial charge on any atom is -0.318 e. The second-order valence-corrected chi connectivity index (χ2v) is 6.27. The maximum Gasteiger partial charge on any atom is 0.238 e. The second kappa shape index (κ2) is 4.91. The number of sulfonamides is 1. The summed E-state index contributed by atoms with van der Waals surface area (Å²) in [5.41, 5.74) is 0.818. The predicted octanol–water partition coefficient (Wildman–Crippen LogP) is 0.801. The highest BCUT2D eigenvalue weighted by Gasteiger charge is 2.20. The lowest BCUT2D eigenvalue weighted by atomic mass is 10.5. The third-order valence-electron chi connectivity index (χ3n) is 1.87. The molecule has 0 aromatic carbocycles. The monoisotopic (exact) mass is 249 g/mol. The summed E-state index contributed by atoms with van der Waals surface area (Å²) in [7, 11) is -1.60. The van der Waals surface area contributed by atoms with E-state index in [1.54, 1.807) is 19.4 Å². The van der Waals surface area contributed by atoms with Crippen LogP contribution in [0.1, 0.15) is 12.6 Å². The molecule has 0 aliphatic carbocycles. The molecule has 1 unspecified atom stereocenters. The Bertz CT molecular complexity index is 413. The summed E-state index contributed by atoms with van der Waals surface area (Å²) in [6.45, 7) is 3.89. The van der Waals surface area contributed by atoms with Crippen LogP contribution >= 0.6 is 11.3 Å². The molecule has 86 valence electrons. The van der Waals surface area contributed by atoms with Crippen LogP contribution in [0, 0.1) is 6.92 Å². The molecule has 0 amide bonds. The standard InChI is InChI=1S/C8H15N3O2S2/c1-6-5-14-8(10-6)11-15(12,13)7(2)4-9-3/h5,7,9H,4H2,1-3H3,(H,10,11). The van der Waals surface area contributed by atoms with Gasteiger partial charge in [0.2, 0.25) is 10.0 Å². The fourth-order valence-corrected chi connectivity index (χ4v) is 2.97. The minimum absolute atomic E-state index is 0.416. The molecule has 2 N–H and O–H groups in total. The number of aromatic nitrogens is 1. The van der Waals surface area contributed by atoms with E-state index in [-0.39, 0.29) is 0 Å². The van der Waals surface area contributed by atoms with Crippen molar-refractivity contribution in [2.24, 2.45) is 0 Å². The van der Waals surface area contributed by atoms with Crippen LogP contribution < -0.4 is 10.0 Å². The average molecular weight is 249 g/mol. The van der Waals surface area contributed by atoms with Crippen molar-refractivity contribution in [2.75, 3.05) is 18.3 Å². The Hall–Kier alpha value is -0.660. The molecule has 15 heavy (non-hydrogen) atoms. The minimum atomic E-state index is -3.33. The first-order valence-corrected chi connectivity index (χ1v) is 6.96. The molecule has 0 saturated heterocycles. The van der Waals surface area contributed by atoms with Crippen LogP contribution in [0.25, 0.3) is 0 Å². The quantitative estimate of drug-likeness (QED) is 0.810. The van der Waals surface area contributed by atoms with Gasteiger partial charge in [-0.05, 0) is 20.9 Å². The van der Waals surface area contributed by atoms with Gasteiger partial charge in [0.05, 0.1) is 10.9 Å². The van der Waals surface area contributed by atoms with Crippen molar-refractivity contribution >= 4 is 26.5 Å². The van der Waals surface area contributed by atoms with E-state index in [9.17, 15) is 8.42 Å². The Morgan fingerprint density at radius 3 is 2.73 bits per heavy atom. The molecule has 0 aliphatic rings. The summed E-state index contributed by atoms with van der Waals surface area (Å²) < 4.78 is 25.9. The Kier molecular flexibility index (Phi) is 4.06. The SMILES string of the molecule is CNCC(C)S(=O)(=O)Nc1nc(C)cs1. The molecule has 0 radical (unpaired) electrons. The number of nitrogens with one attached hydrogen (secondary N) is 2. The molecule has 1 atom stereocenters. The van der Waals surface area contributed by atoms with Gasteiger partial charge in [0.1, 0.15) is 0 Å². The van der Waals surface area contributed by atoms with Crippen LogP contribution in [0.5, 0.6) is 0 Å². The molecule has 5 nitrogen and oxygen atoms in total.